The van der Waals surface area contributed by atoms with E-state index in [1.807, 2.05) is 17.5 Å². The lowest BCUT2D eigenvalue weighted by molar-refractivity contribution is -0.115. The molecule has 2 aliphatic rings. The first kappa shape index (κ1) is 14.0. The second-order valence-electron chi connectivity index (χ2n) is 4.90. The number of anilines is 1. The molecule has 22 heavy (non-hydrogen) atoms. The first-order chi connectivity index (χ1) is 10.7. The van der Waals surface area contributed by atoms with Gasteiger partial charge in [-0.1, -0.05) is 34.7 Å². The van der Waals surface area contributed by atoms with Crippen molar-refractivity contribution in [3.63, 3.8) is 0 Å². The number of amidine groups is 1. The van der Waals surface area contributed by atoms with Gasteiger partial charge in [0.15, 0.2) is 10.3 Å². The van der Waals surface area contributed by atoms with Crippen molar-refractivity contribution in [2.75, 3.05) is 18.4 Å². The van der Waals surface area contributed by atoms with Gasteiger partial charge in [-0.15, -0.1) is 0 Å². The van der Waals surface area contributed by atoms with Crippen LogP contribution >= 0.6 is 34.7 Å². The summed E-state index contributed by atoms with van der Waals surface area (Å²) in [5.74, 6) is -0.0647. The summed E-state index contributed by atoms with van der Waals surface area (Å²) < 4.78 is 0.965. The number of hydrogen-bond donors (Lipinski definition) is 1. The lowest BCUT2D eigenvalue weighted by Crippen LogP contribution is -2.24. The molecule has 2 aromatic rings. The molecule has 0 aliphatic carbocycles. The third-order valence-electron chi connectivity index (χ3n) is 3.39. The Kier molecular flexibility index (Phi) is 3.56. The molecule has 0 saturated heterocycles. The molecule has 0 unspecified atom stereocenters. The normalized spacial score (nSPS) is 16.7. The van der Waals surface area contributed by atoms with Crippen LogP contribution in [0.2, 0.25) is 5.02 Å². The number of aliphatic imine (C=N–C) groups is 1. The van der Waals surface area contributed by atoms with Crippen LogP contribution in [-0.4, -0.2) is 34.0 Å². The number of nitrogens with one attached hydrogen (secondary N) is 1. The number of aromatic nitrogens is 1. The number of carbonyl (C=O) groups excluding carboxylic acids is 1. The summed E-state index contributed by atoms with van der Waals surface area (Å²) in [7, 11) is 0. The van der Waals surface area contributed by atoms with Crippen molar-refractivity contribution in [3.05, 3.63) is 34.3 Å². The summed E-state index contributed by atoms with van der Waals surface area (Å²) in [6, 6.07) is 5.50. The topological polar surface area (TPSA) is 57.6 Å². The molecule has 0 bridgehead atoms. The highest BCUT2D eigenvalue weighted by molar-refractivity contribution is 8.16. The van der Waals surface area contributed by atoms with Gasteiger partial charge in [-0.2, -0.15) is 0 Å². The summed E-state index contributed by atoms with van der Waals surface area (Å²) in [5.41, 5.74) is 1.84. The lowest BCUT2D eigenvalue weighted by atomic mass is 10.3. The van der Waals surface area contributed by atoms with Gasteiger partial charge in [0, 0.05) is 17.3 Å². The molecule has 8 heteroatoms. The zero-order valence-electron chi connectivity index (χ0n) is 11.4. The Balaban J connectivity index is 1.46. The SMILES string of the molecule is O=C(CC1=CSC2=NCCN12)Nc1nc2ccc(Cl)cc2s1. The van der Waals surface area contributed by atoms with Crippen LogP contribution in [0.4, 0.5) is 5.13 Å². The van der Waals surface area contributed by atoms with Gasteiger partial charge in [0.2, 0.25) is 5.91 Å². The second-order valence-corrected chi connectivity index (χ2v) is 7.20. The molecule has 112 valence electrons. The van der Waals surface area contributed by atoms with Crippen LogP contribution in [0.5, 0.6) is 0 Å². The molecule has 1 amide bonds. The Labute approximate surface area is 140 Å². The molecule has 3 heterocycles. The van der Waals surface area contributed by atoms with E-state index in [4.69, 9.17) is 11.6 Å². The van der Waals surface area contributed by atoms with Crippen molar-refractivity contribution in [1.29, 1.82) is 0 Å². The van der Waals surface area contributed by atoms with Gasteiger partial charge in [-0.05, 0) is 23.6 Å². The highest BCUT2D eigenvalue weighted by Gasteiger charge is 2.27. The molecule has 0 spiro atoms. The summed E-state index contributed by atoms with van der Waals surface area (Å²) in [4.78, 5) is 23.1. The van der Waals surface area contributed by atoms with Crippen molar-refractivity contribution in [2.24, 2.45) is 4.99 Å². The quantitative estimate of drug-likeness (QED) is 0.919. The van der Waals surface area contributed by atoms with Crippen molar-refractivity contribution in [1.82, 2.24) is 9.88 Å². The van der Waals surface area contributed by atoms with Gasteiger partial charge in [0.1, 0.15) is 0 Å². The maximum atomic E-state index is 12.2. The summed E-state index contributed by atoms with van der Waals surface area (Å²) in [6.45, 7) is 1.67. The van der Waals surface area contributed by atoms with Gasteiger partial charge < -0.3 is 10.2 Å². The predicted octanol–water partition coefficient (Wildman–Crippen LogP) is 3.54. The van der Waals surface area contributed by atoms with E-state index in [2.05, 4.69) is 20.2 Å². The van der Waals surface area contributed by atoms with Crippen LogP contribution in [0.15, 0.2) is 34.3 Å². The zero-order chi connectivity index (χ0) is 15.1. The largest absolute Gasteiger partial charge is 0.322 e. The van der Waals surface area contributed by atoms with Crippen molar-refractivity contribution in [3.8, 4) is 0 Å². The smallest absolute Gasteiger partial charge is 0.232 e. The highest BCUT2D eigenvalue weighted by Crippen LogP contribution is 2.32. The van der Waals surface area contributed by atoms with Gasteiger partial charge in [0.05, 0.1) is 23.2 Å². The van der Waals surface area contributed by atoms with E-state index < -0.39 is 0 Å². The van der Waals surface area contributed by atoms with Gasteiger partial charge in [-0.3, -0.25) is 9.79 Å². The number of rotatable bonds is 3. The number of amides is 1. The molecule has 0 radical (unpaired) electrons. The number of halogens is 1. The van der Waals surface area contributed by atoms with Crippen LogP contribution in [0.3, 0.4) is 0 Å². The number of benzene rings is 1. The molecule has 0 atom stereocenters. The minimum atomic E-state index is -0.0647. The first-order valence-electron chi connectivity index (χ1n) is 6.73. The molecule has 5 nitrogen and oxygen atoms in total. The van der Waals surface area contributed by atoms with E-state index in [0.29, 0.717) is 16.6 Å². The van der Waals surface area contributed by atoms with Crippen molar-refractivity contribution in [2.45, 2.75) is 6.42 Å². The Morgan fingerprint density at radius 1 is 1.45 bits per heavy atom. The molecular weight excluding hydrogens is 340 g/mol. The monoisotopic (exact) mass is 350 g/mol. The third kappa shape index (κ3) is 2.60. The molecule has 1 aromatic heterocycles. The fourth-order valence-electron chi connectivity index (χ4n) is 2.40. The molecule has 2 aliphatic heterocycles. The predicted molar refractivity (Wildman–Crippen MR) is 92.6 cm³/mol. The summed E-state index contributed by atoms with van der Waals surface area (Å²) >= 11 is 8.97. The van der Waals surface area contributed by atoms with Gasteiger partial charge >= 0.3 is 0 Å². The molecule has 1 aromatic carbocycles. The van der Waals surface area contributed by atoms with Crippen molar-refractivity contribution >= 4 is 61.1 Å². The number of hydrogen-bond acceptors (Lipinski definition) is 6. The van der Waals surface area contributed by atoms with E-state index >= 15 is 0 Å². The van der Waals surface area contributed by atoms with Crippen LogP contribution in [0.1, 0.15) is 6.42 Å². The first-order valence-corrected chi connectivity index (χ1v) is 8.80. The van der Waals surface area contributed by atoms with Crippen molar-refractivity contribution < 1.29 is 4.79 Å². The Morgan fingerprint density at radius 3 is 3.27 bits per heavy atom. The molecular formula is C14H11ClN4OS2. The average Bonchev–Trinajstić information content (AvgIpc) is 3.15. The van der Waals surface area contributed by atoms with E-state index in [0.717, 1.165) is 34.2 Å². The Morgan fingerprint density at radius 2 is 2.36 bits per heavy atom. The minimum Gasteiger partial charge on any atom is -0.322 e. The number of nitrogens with zero attached hydrogens (tertiary/aromatic N) is 3. The highest BCUT2D eigenvalue weighted by atomic mass is 35.5. The molecule has 0 fully saturated rings. The fraction of sp³-hybridized carbons (Fsp3) is 0.214. The summed E-state index contributed by atoms with van der Waals surface area (Å²) in [6.07, 6.45) is 0.336. The van der Waals surface area contributed by atoms with E-state index in [-0.39, 0.29) is 5.91 Å². The van der Waals surface area contributed by atoms with Gasteiger partial charge in [-0.25, -0.2) is 4.98 Å². The molecule has 1 N–H and O–H groups in total. The second kappa shape index (κ2) is 5.57. The van der Waals surface area contributed by atoms with E-state index in [1.54, 1.807) is 17.8 Å². The van der Waals surface area contributed by atoms with E-state index in [1.165, 1.54) is 11.3 Å². The molecule has 0 saturated carbocycles. The lowest BCUT2D eigenvalue weighted by Gasteiger charge is -2.15. The van der Waals surface area contributed by atoms with E-state index in [9.17, 15) is 4.79 Å². The van der Waals surface area contributed by atoms with Crippen LogP contribution < -0.4 is 5.32 Å². The third-order valence-corrected chi connectivity index (χ3v) is 5.51. The number of thioether (sulfide) groups is 1. The van der Waals surface area contributed by atoms with Crippen LogP contribution in [0, 0.1) is 0 Å². The van der Waals surface area contributed by atoms with Gasteiger partial charge in [0.25, 0.3) is 0 Å². The zero-order valence-corrected chi connectivity index (χ0v) is 13.8. The number of thiazole rings is 1. The van der Waals surface area contributed by atoms with Crippen LogP contribution in [0.25, 0.3) is 10.2 Å². The maximum absolute atomic E-state index is 12.2. The van der Waals surface area contributed by atoms with Crippen LogP contribution in [-0.2, 0) is 4.79 Å². The fourth-order valence-corrected chi connectivity index (χ4v) is 4.51. The Bertz CT molecular complexity index is 829. The Hall–Kier alpha value is -1.57. The number of fused-ring (bicyclic) bond motifs is 2. The standard InChI is InChI=1S/C14H11ClN4OS2/c15-8-1-2-10-11(5-8)22-13(17-10)18-12(20)6-9-7-21-14-16-3-4-19(9)14/h1-2,5,7H,3-4,6H2,(H,17,18,20). The average molecular weight is 351 g/mol. The molecule has 4 rings (SSSR count). The number of carbonyl (C=O) groups is 1. The maximum Gasteiger partial charge on any atom is 0.232 e. The summed E-state index contributed by atoms with van der Waals surface area (Å²) in [5, 5.41) is 7.13. The minimum absolute atomic E-state index is 0.0647.